The molecule has 0 aromatic rings. The van der Waals surface area contributed by atoms with Crippen LogP contribution in [-0.4, -0.2) is 44.3 Å². The highest BCUT2D eigenvalue weighted by molar-refractivity contribution is 5.80. The molecule has 0 atom stereocenters. The van der Waals surface area contributed by atoms with Gasteiger partial charge in [0.25, 0.3) is 0 Å². The number of hydrogen-bond acceptors (Lipinski definition) is 4. The van der Waals surface area contributed by atoms with Gasteiger partial charge in [0.15, 0.2) is 0 Å². The van der Waals surface area contributed by atoms with E-state index in [1.54, 1.807) is 0 Å². The molecule has 0 spiro atoms. The Morgan fingerprint density at radius 1 is 0.913 bits per heavy atom. The largest absolute Gasteiger partial charge is 0.379 e. The van der Waals surface area contributed by atoms with Gasteiger partial charge in [0.1, 0.15) is 5.78 Å². The van der Waals surface area contributed by atoms with E-state index in [1.165, 1.54) is 0 Å². The van der Waals surface area contributed by atoms with E-state index in [1.807, 2.05) is 27.7 Å². The van der Waals surface area contributed by atoms with E-state index < -0.39 is 0 Å². The molecule has 0 unspecified atom stereocenters. The Bertz CT molecular complexity index is 251. The van der Waals surface area contributed by atoms with Crippen molar-refractivity contribution < 1.29 is 14.3 Å². The van der Waals surface area contributed by atoms with Gasteiger partial charge >= 0.3 is 0 Å². The molecule has 23 heavy (non-hydrogen) atoms. The summed E-state index contributed by atoms with van der Waals surface area (Å²) in [6.45, 7) is 19.6. The van der Waals surface area contributed by atoms with E-state index in [2.05, 4.69) is 33.0 Å². The Kier molecular flexibility index (Phi) is 17.7. The summed E-state index contributed by atoms with van der Waals surface area (Å²) in [5.74, 6) is 1.26. The van der Waals surface area contributed by atoms with E-state index in [0.717, 1.165) is 38.7 Å². The molecule has 0 aliphatic carbocycles. The minimum Gasteiger partial charge on any atom is -0.379 e. The molecule has 4 nitrogen and oxygen atoms in total. The lowest BCUT2D eigenvalue weighted by molar-refractivity contribution is -0.121. The summed E-state index contributed by atoms with van der Waals surface area (Å²) in [5.41, 5.74) is 0. The molecule has 0 aliphatic heterocycles. The van der Waals surface area contributed by atoms with Gasteiger partial charge in [-0.15, -0.1) is 0 Å². The van der Waals surface area contributed by atoms with Gasteiger partial charge in [-0.05, 0) is 26.2 Å². The number of ether oxygens (including phenoxy) is 2. The average molecular weight is 332 g/mol. The summed E-state index contributed by atoms with van der Waals surface area (Å²) in [5, 5.41) is 3.21. The van der Waals surface area contributed by atoms with Gasteiger partial charge in [0.05, 0.1) is 19.3 Å². The minimum atomic E-state index is 0.184. The number of Topliss-reactive ketones (excluding diaryl/α,β-unsaturated/α-hetero) is 1. The topological polar surface area (TPSA) is 47.6 Å². The Labute approximate surface area is 144 Å². The van der Waals surface area contributed by atoms with Crippen LogP contribution in [-0.2, 0) is 14.3 Å². The van der Waals surface area contributed by atoms with Gasteiger partial charge in [-0.25, -0.2) is 0 Å². The number of carbonyl (C=O) groups is 1. The first-order valence-corrected chi connectivity index (χ1v) is 9.12. The predicted octanol–water partition coefficient (Wildman–Crippen LogP) is 4.07. The van der Waals surface area contributed by atoms with Crippen molar-refractivity contribution >= 4 is 5.78 Å². The van der Waals surface area contributed by atoms with E-state index in [9.17, 15) is 4.79 Å². The van der Waals surface area contributed by atoms with Crippen LogP contribution in [0.1, 0.15) is 68.2 Å². The van der Waals surface area contributed by atoms with Crippen molar-refractivity contribution in [3.8, 4) is 0 Å². The summed E-state index contributed by atoms with van der Waals surface area (Å²) < 4.78 is 10.7. The fourth-order valence-corrected chi connectivity index (χ4v) is 1.54. The third-order valence-electron chi connectivity index (χ3n) is 3.09. The second kappa shape index (κ2) is 16.4. The van der Waals surface area contributed by atoms with E-state index in [4.69, 9.17) is 9.47 Å². The van der Waals surface area contributed by atoms with E-state index >= 15 is 0 Å². The molecule has 0 aliphatic rings. The van der Waals surface area contributed by atoms with Crippen molar-refractivity contribution in [1.29, 1.82) is 0 Å². The molecule has 140 valence electrons. The van der Waals surface area contributed by atoms with Gasteiger partial charge in [0.2, 0.25) is 0 Å². The standard InChI is InChI=1S/C10H22O2.C9H19NO/c1-9(2)5-6-11-7-8-12-10(3)4;1-7(2)9(11)5-6-10-8(3)4/h9-10H,5-8H2,1-4H3;7-8,10H,5-6H2,1-4H3. The molecule has 0 radical (unpaired) electrons. The Balaban J connectivity index is 0. The zero-order valence-electron chi connectivity index (χ0n) is 16.8. The zero-order valence-corrected chi connectivity index (χ0v) is 16.8. The summed E-state index contributed by atoms with van der Waals surface area (Å²) in [7, 11) is 0. The molecule has 0 aromatic carbocycles. The van der Waals surface area contributed by atoms with Crippen molar-refractivity contribution in [2.24, 2.45) is 11.8 Å². The van der Waals surface area contributed by atoms with Crippen LogP contribution in [0.25, 0.3) is 0 Å². The van der Waals surface area contributed by atoms with Gasteiger partial charge in [0, 0.05) is 31.5 Å². The number of rotatable bonds is 12. The van der Waals surface area contributed by atoms with Crippen molar-refractivity contribution in [3.05, 3.63) is 0 Å². The summed E-state index contributed by atoms with van der Waals surface area (Å²) >= 11 is 0. The van der Waals surface area contributed by atoms with Gasteiger partial charge < -0.3 is 14.8 Å². The maximum atomic E-state index is 11.1. The molecule has 0 heterocycles. The zero-order chi connectivity index (χ0) is 18.3. The highest BCUT2D eigenvalue weighted by Gasteiger charge is 2.05. The second-order valence-electron chi connectivity index (χ2n) is 7.19. The highest BCUT2D eigenvalue weighted by atomic mass is 16.5. The maximum Gasteiger partial charge on any atom is 0.136 e. The summed E-state index contributed by atoms with van der Waals surface area (Å²) in [6, 6.07) is 0.481. The highest BCUT2D eigenvalue weighted by Crippen LogP contribution is 1.99. The normalized spacial score (nSPS) is 11.3. The number of hydrogen-bond donors (Lipinski definition) is 1. The van der Waals surface area contributed by atoms with Crippen LogP contribution in [0.15, 0.2) is 0 Å². The van der Waals surface area contributed by atoms with Crippen LogP contribution in [0.3, 0.4) is 0 Å². The molecular formula is C19H41NO3. The molecular weight excluding hydrogens is 290 g/mol. The van der Waals surface area contributed by atoms with Gasteiger partial charge in [-0.3, -0.25) is 4.79 Å². The minimum absolute atomic E-state index is 0.184. The molecule has 1 N–H and O–H groups in total. The van der Waals surface area contributed by atoms with E-state index in [-0.39, 0.29) is 5.92 Å². The monoisotopic (exact) mass is 331 g/mol. The summed E-state index contributed by atoms with van der Waals surface area (Å²) in [4.78, 5) is 11.1. The van der Waals surface area contributed by atoms with E-state index in [0.29, 0.717) is 24.3 Å². The molecule has 0 saturated carbocycles. The molecule has 4 heteroatoms. The number of ketones is 1. The molecule has 0 aromatic heterocycles. The molecule has 0 rings (SSSR count). The fraction of sp³-hybridized carbons (Fsp3) is 0.947. The third kappa shape index (κ3) is 23.9. The second-order valence-corrected chi connectivity index (χ2v) is 7.19. The number of nitrogens with one attached hydrogen (secondary N) is 1. The molecule has 0 amide bonds. The van der Waals surface area contributed by atoms with Crippen LogP contribution >= 0.6 is 0 Å². The van der Waals surface area contributed by atoms with Crippen molar-refractivity contribution in [2.75, 3.05) is 26.4 Å². The average Bonchev–Trinajstić information content (AvgIpc) is 2.42. The van der Waals surface area contributed by atoms with Crippen LogP contribution in [0, 0.1) is 11.8 Å². The third-order valence-corrected chi connectivity index (χ3v) is 3.09. The first-order valence-electron chi connectivity index (χ1n) is 9.12. The van der Waals surface area contributed by atoms with Crippen molar-refractivity contribution in [2.45, 2.75) is 80.4 Å². The molecule has 0 fully saturated rings. The Morgan fingerprint density at radius 3 is 1.96 bits per heavy atom. The first kappa shape index (κ1) is 24.8. The molecule has 0 bridgehead atoms. The van der Waals surface area contributed by atoms with Crippen LogP contribution in [0.2, 0.25) is 0 Å². The lowest BCUT2D eigenvalue weighted by Gasteiger charge is -2.08. The maximum absolute atomic E-state index is 11.1. The smallest absolute Gasteiger partial charge is 0.136 e. The quantitative estimate of drug-likeness (QED) is 0.548. The lowest BCUT2D eigenvalue weighted by Crippen LogP contribution is -2.26. The van der Waals surface area contributed by atoms with Crippen LogP contribution in [0.5, 0.6) is 0 Å². The van der Waals surface area contributed by atoms with Crippen molar-refractivity contribution in [1.82, 2.24) is 5.32 Å². The van der Waals surface area contributed by atoms with Gasteiger partial charge in [-0.1, -0.05) is 41.5 Å². The van der Waals surface area contributed by atoms with Crippen molar-refractivity contribution in [3.63, 3.8) is 0 Å². The Morgan fingerprint density at radius 2 is 1.52 bits per heavy atom. The van der Waals surface area contributed by atoms with Crippen LogP contribution < -0.4 is 5.32 Å². The summed E-state index contributed by atoms with van der Waals surface area (Å²) in [6.07, 6.45) is 2.12. The molecule has 0 saturated heterocycles. The Hall–Kier alpha value is -0.450. The first-order chi connectivity index (χ1) is 10.7. The number of carbonyl (C=O) groups excluding carboxylic acids is 1. The fourth-order valence-electron chi connectivity index (χ4n) is 1.54. The van der Waals surface area contributed by atoms with Gasteiger partial charge in [-0.2, -0.15) is 0 Å². The van der Waals surface area contributed by atoms with Crippen LogP contribution in [0.4, 0.5) is 0 Å². The lowest BCUT2D eigenvalue weighted by atomic mass is 10.1. The SMILES string of the molecule is CC(C)CCOCCOC(C)C.CC(C)NCCC(=O)C(C)C. The predicted molar refractivity (Wildman–Crippen MR) is 99.0 cm³/mol.